The highest BCUT2D eigenvalue weighted by atomic mass is 19.4. The van der Waals surface area contributed by atoms with Gasteiger partial charge in [0.05, 0.1) is 18.0 Å². The Morgan fingerprint density at radius 3 is 2.14 bits per heavy atom. The highest BCUT2D eigenvalue weighted by Crippen LogP contribution is 2.48. The number of nitrogens with one attached hydrogen (secondary N) is 3. The van der Waals surface area contributed by atoms with Crippen LogP contribution in [0.1, 0.15) is 33.1 Å². The molecule has 1 saturated carbocycles. The van der Waals surface area contributed by atoms with E-state index in [9.17, 15) is 31.1 Å². The molecule has 3 N–H and O–H groups in total. The van der Waals surface area contributed by atoms with Crippen molar-refractivity contribution in [1.82, 2.24) is 20.9 Å². The van der Waals surface area contributed by atoms with E-state index in [0.29, 0.717) is 26.2 Å². The van der Waals surface area contributed by atoms with Crippen LogP contribution in [0.4, 0.5) is 26.3 Å². The molecule has 0 aromatic rings. The Morgan fingerprint density at radius 1 is 0.966 bits per heavy atom. The second-order valence-corrected chi connectivity index (χ2v) is 9.05. The van der Waals surface area contributed by atoms with E-state index in [1.807, 2.05) is 0 Å². The predicted molar refractivity (Wildman–Crippen MR) is 93.8 cm³/mol. The minimum atomic E-state index is -4.73. The summed E-state index contributed by atoms with van der Waals surface area (Å²) in [5.41, 5.74) is -0.761. The van der Waals surface area contributed by atoms with Gasteiger partial charge in [0.15, 0.2) is 0 Å². The monoisotopic (exact) mass is 430 g/mol. The van der Waals surface area contributed by atoms with Gasteiger partial charge in [-0.1, -0.05) is 13.8 Å². The molecular formula is C18H28F6N4O. The molecule has 0 radical (unpaired) electrons. The molecule has 3 aliphatic rings. The Hall–Kier alpha value is -1.07. The molecule has 5 atom stereocenters. The zero-order valence-corrected chi connectivity index (χ0v) is 16.5. The summed E-state index contributed by atoms with van der Waals surface area (Å²) in [4.78, 5) is 14.3. The number of amides is 1. The molecule has 0 aromatic carbocycles. The topological polar surface area (TPSA) is 56.4 Å². The summed E-state index contributed by atoms with van der Waals surface area (Å²) in [6, 6.07) is -2.08. The van der Waals surface area contributed by atoms with Gasteiger partial charge < -0.3 is 10.2 Å². The number of rotatable bonds is 3. The number of hydrogen-bond acceptors (Lipinski definition) is 4. The first-order chi connectivity index (χ1) is 13.3. The van der Waals surface area contributed by atoms with Crippen molar-refractivity contribution >= 4 is 5.91 Å². The van der Waals surface area contributed by atoms with Crippen LogP contribution in [0.5, 0.6) is 0 Å². The number of halogens is 6. The van der Waals surface area contributed by atoms with E-state index < -0.39 is 60.7 Å². The van der Waals surface area contributed by atoms with Gasteiger partial charge in [-0.05, 0) is 12.8 Å². The Morgan fingerprint density at radius 2 is 1.59 bits per heavy atom. The second kappa shape index (κ2) is 7.88. The summed E-state index contributed by atoms with van der Waals surface area (Å²) in [6.07, 6.45) is -11.3. The second-order valence-electron chi connectivity index (χ2n) is 9.05. The highest BCUT2D eigenvalue weighted by Gasteiger charge is 2.59. The van der Waals surface area contributed by atoms with Crippen molar-refractivity contribution in [2.75, 3.05) is 26.2 Å². The van der Waals surface area contributed by atoms with Crippen molar-refractivity contribution in [3.05, 3.63) is 0 Å². The molecule has 0 bridgehead atoms. The molecule has 2 aliphatic heterocycles. The predicted octanol–water partition coefficient (Wildman–Crippen LogP) is 2.24. The van der Waals surface area contributed by atoms with E-state index in [2.05, 4.69) is 16.0 Å². The van der Waals surface area contributed by atoms with Gasteiger partial charge >= 0.3 is 12.4 Å². The number of alkyl halides is 6. The SMILES string of the molecule is CC(C)(CC(=O)N1CCNCC1)C1NC2CC(C(F)(F)F)CC(C(F)(F)F)C2N1. The molecule has 3 fully saturated rings. The van der Waals surface area contributed by atoms with E-state index >= 15 is 0 Å². The molecule has 168 valence electrons. The van der Waals surface area contributed by atoms with Gasteiger partial charge in [-0.25, -0.2) is 0 Å². The van der Waals surface area contributed by atoms with E-state index in [1.54, 1.807) is 18.7 Å². The van der Waals surface area contributed by atoms with E-state index in [-0.39, 0.29) is 12.3 Å². The smallest absolute Gasteiger partial charge is 0.340 e. The lowest BCUT2D eigenvalue weighted by molar-refractivity contribution is -0.228. The van der Waals surface area contributed by atoms with Gasteiger partial charge in [-0.3, -0.25) is 15.4 Å². The minimum absolute atomic E-state index is 0.0937. The third-order valence-corrected chi connectivity index (χ3v) is 6.43. The van der Waals surface area contributed by atoms with Crippen LogP contribution in [-0.2, 0) is 4.79 Å². The maximum absolute atomic E-state index is 13.5. The molecule has 11 heteroatoms. The number of nitrogens with zero attached hydrogens (tertiary/aromatic N) is 1. The van der Waals surface area contributed by atoms with E-state index in [0.717, 1.165) is 0 Å². The lowest BCUT2D eigenvalue weighted by atomic mass is 9.75. The highest BCUT2D eigenvalue weighted by molar-refractivity contribution is 5.77. The van der Waals surface area contributed by atoms with Crippen LogP contribution in [0, 0.1) is 17.3 Å². The molecule has 1 amide bonds. The van der Waals surface area contributed by atoms with Gasteiger partial charge in [0.25, 0.3) is 0 Å². The molecule has 29 heavy (non-hydrogen) atoms. The summed E-state index contributed by atoms with van der Waals surface area (Å²) < 4.78 is 80.1. The number of carbonyl (C=O) groups is 1. The quantitative estimate of drug-likeness (QED) is 0.602. The maximum Gasteiger partial charge on any atom is 0.393 e. The molecule has 2 heterocycles. The molecule has 0 spiro atoms. The maximum atomic E-state index is 13.5. The lowest BCUT2D eigenvalue weighted by Gasteiger charge is -2.39. The van der Waals surface area contributed by atoms with Crippen LogP contribution in [0.25, 0.3) is 0 Å². The van der Waals surface area contributed by atoms with Gasteiger partial charge in [0, 0.05) is 50.1 Å². The van der Waals surface area contributed by atoms with Crippen molar-refractivity contribution in [2.45, 2.75) is 63.7 Å². The first-order valence-corrected chi connectivity index (χ1v) is 9.93. The number of hydrogen-bond donors (Lipinski definition) is 3. The average Bonchev–Trinajstić information content (AvgIpc) is 3.04. The van der Waals surface area contributed by atoms with E-state index in [4.69, 9.17) is 0 Å². The van der Waals surface area contributed by atoms with Gasteiger partial charge in [-0.15, -0.1) is 0 Å². The molecule has 2 saturated heterocycles. The summed E-state index contributed by atoms with van der Waals surface area (Å²) in [6.45, 7) is 5.99. The zero-order valence-electron chi connectivity index (χ0n) is 16.5. The third-order valence-electron chi connectivity index (χ3n) is 6.43. The molecule has 0 aromatic heterocycles. The number of piperazine rings is 1. The first kappa shape index (κ1) is 22.6. The molecule has 3 rings (SSSR count). The fourth-order valence-corrected chi connectivity index (χ4v) is 4.72. The zero-order chi connectivity index (χ0) is 21.6. The molecular weight excluding hydrogens is 402 g/mol. The number of fused-ring (bicyclic) bond motifs is 1. The molecule has 5 unspecified atom stereocenters. The summed E-state index contributed by atoms with van der Waals surface area (Å²) in [5, 5.41) is 8.98. The Labute approximate surface area is 165 Å². The van der Waals surface area contributed by atoms with E-state index in [1.165, 1.54) is 0 Å². The fraction of sp³-hybridized carbons (Fsp3) is 0.944. The van der Waals surface area contributed by atoms with Gasteiger partial charge in [0.1, 0.15) is 0 Å². The minimum Gasteiger partial charge on any atom is -0.340 e. The number of carbonyl (C=O) groups excluding carboxylic acids is 1. The van der Waals surface area contributed by atoms with Crippen LogP contribution in [0.2, 0.25) is 0 Å². The molecule has 5 nitrogen and oxygen atoms in total. The normalized spacial score (nSPS) is 34.2. The average molecular weight is 430 g/mol. The Balaban J connectivity index is 1.72. The molecule has 1 aliphatic carbocycles. The van der Waals surface area contributed by atoms with Crippen molar-refractivity contribution in [1.29, 1.82) is 0 Å². The first-order valence-electron chi connectivity index (χ1n) is 9.93. The summed E-state index contributed by atoms with van der Waals surface area (Å²) in [7, 11) is 0. The van der Waals surface area contributed by atoms with Crippen LogP contribution in [0.3, 0.4) is 0 Å². The van der Waals surface area contributed by atoms with Gasteiger partial charge in [0.2, 0.25) is 5.91 Å². The standard InChI is InChI=1S/C18H28F6N4O/c1-16(2,9-13(29)28-5-3-25-4-6-28)15-26-12-8-10(17(19,20)21)7-11(14(12)27-15)18(22,23)24/h10-12,14-15,25-27H,3-9H2,1-2H3. The Kier molecular flexibility index (Phi) is 6.15. The lowest BCUT2D eigenvalue weighted by Crippen LogP contribution is -2.54. The largest absolute Gasteiger partial charge is 0.393 e. The van der Waals surface area contributed by atoms with Crippen molar-refractivity contribution in [3.8, 4) is 0 Å². The van der Waals surface area contributed by atoms with Crippen LogP contribution in [-0.4, -0.2) is 67.6 Å². The van der Waals surface area contributed by atoms with Crippen LogP contribution in [0.15, 0.2) is 0 Å². The summed E-state index contributed by atoms with van der Waals surface area (Å²) >= 11 is 0. The Bertz CT molecular complexity index is 602. The van der Waals surface area contributed by atoms with Crippen molar-refractivity contribution in [3.63, 3.8) is 0 Å². The van der Waals surface area contributed by atoms with Crippen molar-refractivity contribution in [2.24, 2.45) is 17.3 Å². The van der Waals surface area contributed by atoms with Gasteiger partial charge in [-0.2, -0.15) is 26.3 Å². The van der Waals surface area contributed by atoms with Crippen LogP contribution >= 0.6 is 0 Å². The fourth-order valence-electron chi connectivity index (χ4n) is 4.72. The van der Waals surface area contributed by atoms with Crippen LogP contribution < -0.4 is 16.0 Å². The van der Waals surface area contributed by atoms with Crippen molar-refractivity contribution < 1.29 is 31.1 Å². The summed E-state index contributed by atoms with van der Waals surface area (Å²) in [5.74, 6) is -4.17. The third kappa shape index (κ3) is 4.99.